The minimum atomic E-state index is -0.324. The summed E-state index contributed by atoms with van der Waals surface area (Å²) in [5.74, 6) is 0. The predicted octanol–water partition coefficient (Wildman–Crippen LogP) is 6.05. The summed E-state index contributed by atoms with van der Waals surface area (Å²) in [7, 11) is 1.73. The number of benzene rings is 3. The number of hydrogen-bond donors (Lipinski definition) is 2. The van der Waals surface area contributed by atoms with Gasteiger partial charge in [-0.2, -0.15) is 5.26 Å². The van der Waals surface area contributed by atoms with Crippen LogP contribution in [0.25, 0.3) is 11.1 Å². The summed E-state index contributed by atoms with van der Waals surface area (Å²) in [6.07, 6.45) is 0. The lowest BCUT2D eigenvalue weighted by atomic mass is 9.97. The van der Waals surface area contributed by atoms with E-state index in [-0.39, 0.29) is 18.1 Å². The largest absolute Gasteiger partial charge is 0.383 e. The molecule has 0 unspecified atom stereocenters. The number of ether oxygens (including phenoxy) is 1. The lowest BCUT2D eigenvalue weighted by Crippen LogP contribution is -2.55. The fourth-order valence-electron chi connectivity index (χ4n) is 5.02. The van der Waals surface area contributed by atoms with Crippen molar-refractivity contribution in [3.05, 3.63) is 87.9 Å². The first-order valence-corrected chi connectivity index (χ1v) is 13.7. The van der Waals surface area contributed by atoms with E-state index in [0.29, 0.717) is 34.4 Å². The number of carbonyl (C=O) groups excluding carboxylic acids is 1. The molecular weight excluding hydrogens is 533 g/mol. The normalized spacial score (nSPS) is 16.8. The van der Waals surface area contributed by atoms with E-state index in [1.54, 1.807) is 31.4 Å². The zero-order chi connectivity index (χ0) is 27.8. The quantitative estimate of drug-likeness (QED) is 0.330. The Balaban J connectivity index is 1.51. The van der Waals surface area contributed by atoms with Gasteiger partial charge in [-0.3, -0.25) is 9.80 Å². The molecule has 204 valence electrons. The average Bonchev–Trinajstić information content (AvgIpc) is 2.92. The molecule has 2 N–H and O–H groups in total. The maximum absolute atomic E-state index is 12.8. The number of amides is 2. The van der Waals surface area contributed by atoms with Crippen molar-refractivity contribution >= 4 is 34.9 Å². The Labute approximate surface area is 240 Å². The third kappa shape index (κ3) is 7.95. The SMILES string of the molecule is COCCN1CCN([C@@H](CNC(=O)Nc2cc(Cl)cc(Cl)c2)c2ccc(-c3cccc(C#N)c3)cc2)[C@@H](C)C1. The van der Waals surface area contributed by atoms with Crippen LogP contribution in [0.2, 0.25) is 10.0 Å². The predicted molar refractivity (Wildman–Crippen MR) is 157 cm³/mol. The Bertz CT molecular complexity index is 1290. The number of anilines is 1. The summed E-state index contributed by atoms with van der Waals surface area (Å²) in [6, 6.07) is 23.0. The van der Waals surface area contributed by atoms with E-state index in [0.717, 1.165) is 42.9 Å². The van der Waals surface area contributed by atoms with Crippen LogP contribution in [0.5, 0.6) is 0 Å². The van der Waals surface area contributed by atoms with E-state index in [1.165, 1.54) is 0 Å². The van der Waals surface area contributed by atoms with Crippen LogP contribution in [0.3, 0.4) is 0 Å². The van der Waals surface area contributed by atoms with Gasteiger partial charge >= 0.3 is 6.03 Å². The first kappa shape index (κ1) is 28.9. The molecule has 1 heterocycles. The highest BCUT2D eigenvalue weighted by molar-refractivity contribution is 6.35. The van der Waals surface area contributed by atoms with Crippen molar-refractivity contribution in [3.8, 4) is 17.2 Å². The topological polar surface area (TPSA) is 80.6 Å². The second-order valence-corrected chi connectivity index (χ2v) is 10.6. The summed E-state index contributed by atoms with van der Waals surface area (Å²) in [6.45, 7) is 6.98. The molecule has 7 nitrogen and oxygen atoms in total. The van der Waals surface area contributed by atoms with Crippen molar-refractivity contribution < 1.29 is 9.53 Å². The van der Waals surface area contributed by atoms with Crippen LogP contribution in [-0.2, 0) is 4.74 Å². The second kappa shape index (κ2) is 13.8. The molecule has 2 atom stereocenters. The smallest absolute Gasteiger partial charge is 0.319 e. The fourth-order valence-corrected chi connectivity index (χ4v) is 5.54. The maximum Gasteiger partial charge on any atom is 0.319 e. The summed E-state index contributed by atoms with van der Waals surface area (Å²) in [5, 5.41) is 16.1. The Morgan fingerprint density at radius 2 is 1.82 bits per heavy atom. The number of methoxy groups -OCH3 is 1. The van der Waals surface area contributed by atoms with Gasteiger partial charge in [0.15, 0.2) is 0 Å². The molecule has 1 saturated heterocycles. The molecule has 0 aromatic heterocycles. The second-order valence-electron chi connectivity index (χ2n) is 9.70. The Morgan fingerprint density at radius 1 is 1.08 bits per heavy atom. The molecule has 9 heteroatoms. The summed E-state index contributed by atoms with van der Waals surface area (Å²) < 4.78 is 5.27. The monoisotopic (exact) mass is 565 g/mol. The number of nitriles is 1. The molecule has 0 bridgehead atoms. The number of nitrogens with one attached hydrogen (secondary N) is 2. The molecule has 4 rings (SSSR count). The fraction of sp³-hybridized carbons (Fsp3) is 0.333. The van der Waals surface area contributed by atoms with Gasteiger partial charge in [-0.1, -0.05) is 59.6 Å². The molecule has 1 aliphatic rings. The molecule has 0 spiro atoms. The van der Waals surface area contributed by atoms with E-state index in [4.69, 9.17) is 27.9 Å². The molecule has 0 radical (unpaired) electrons. The third-order valence-electron chi connectivity index (χ3n) is 6.97. The van der Waals surface area contributed by atoms with Crippen molar-refractivity contribution in [1.29, 1.82) is 5.26 Å². The lowest BCUT2D eigenvalue weighted by Gasteiger charge is -2.44. The Kier molecular flexibility index (Phi) is 10.2. The number of halogens is 2. The van der Waals surface area contributed by atoms with Crippen LogP contribution < -0.4 is 10.6 Å². The molecule has 0 saturated carbocycles. The van der Waals surface area contributed by atoms with Gasteiger partial charge in [0.2, 0.25) is 0 Å². The lowest BCUT2D eigenvalue weighted by molar-refractivity contribution is 0.0364. The van der Waals surface area contributed by atoms with Crippen LogP contribution in [0.1, 0.15) is 24.1 Å². The standard InChI is InChI=1S/C30H33Cl2N5O2/c1-21-20-36(12-13-39-2)10-11-37(21)29(19-34-30(38)35-28-16-26(31)15-27(32)17-28)24-8-6-23(7-9-24)25-5-3-4-22(14-25)18-33/h3-9,14-17,21,29H,10-13,19-20H2,1-2H3,(H2,34,35,38)/t21-,29-/m0/s1. The minimum absolute atomic E-state index is 0.0298. The highest BCUT2D eigenvalue weighted by Gasteiger charge is 2.30. The van der Waals surface area contributed by atoms with Gasteiger partial charge in [-0.25, -0.2) is 4.79 Å². The van der Waals surface area contributed by atoms with Crippen molar-refractivity contribution in [2.24, 2.45) is 0 Å². The van der Waals surface area contributed by atoms with Crippen molar-refractivity contribution in [1.82, 2.24) is 15.1 Å². The van der Waals surface area contributed by atoms with Gasteiger partial charge in [-0.15, -0.1) is 0 Å². The number of nitrogens with zero attached hydrogens (tertiary/aromatic N) is 3. The molecular formula is C30H33Cl2N5O2. The number of rotatable bonds is 9. The Hall–Kier alpha value is -3.12. The van der Waals surface area contributed by atoms with E-state index in [9.17, 15) is 10.1 Å². The number of urea groups is 1. The molecule has 39 heavy (non-hydrogen) atoms. The van der Waals surface area contributed by atoms with Crippen molar-refractivity contribution in [2.45, 2.75) is 19.0 Å². The first-order chi connectivity index (χ1) is 18.9. The summed E-state index contributed by atoms with van der Waals surface area (Å²) >= 11 is 12.2. The number of piperazine rings is 1. The maximum atomic E-state index is 12.8. The summed E-state index contributed by atoms with van der Waals surface area (Å²) in [5.41, 5.74) is 4.31. The van der Waals surface area contributed by atoms with E-state index < -0.39 is 0 Å². The zero-order valence-electron chi connectivity index (χ0n) is 22.2. The van der Waals surface area contributed by atoms with Gasteiger partial charge in [-0.05, 0) is 53.9 Å². The first-order valence-electron chi connectivity index (χ1n) is 12.9. The third-order valence-corrected chi connectivity index (χ3v) is 7.41. The van der Waals surface area contributed by atoms with Crippen LogP contribution in [0.4, 0.5) is 10.5 Å². The Morgan fingerprint density at radius 3 is 2.49 bits per heavy atom. The number of hydrogen-bond acceptors (Lipinski definition) is 5. The van der Waals surface area contributed by atoms with Gasteiger partial charge in [0.05, 0.1) is 24.3 Å². The highest BCUT2D eigenvalue weighted by atomic mass is 35.5. The molecule has 2 amide bonds. The molecule has 3 aromatic carbocycles. The average molecular weight is 567 g/mol. The van der Waals surface area contributed by atoms with Crippen LogP contribution in [-0.4, -0.2) is 68.3 Å². The minimum Gasteiger partial charge on any atom is -0.383 e. The van der Waals surface area contributed by atoms with Crippen molar-refractivity contribution in [2.75, 3.05) is 51.8 Å². The molecule has 0 aliphatic carbocycles. The van der Waals surface area contributed by atoms with Gasteiger partial charge in [0.25, 0.3) is 0 Å². The van der Waals surface area contributed by atoms with Crippen LogP contribution in [0, 0.1) is 11.3 Å². The molecule has 3 aromatic rings. The van der Waals surface area contributed by atoms with E-state index in [2.05, 4.69) is 57.7 Å². The van der Waals surface area contributed by atoms with Gasteiger partial charge in [0, 0.05) is 61.6 Å². The van der Waals surface area contributed by atoms with Crippen LogP contribution >= 0.6 is 23.2 Å². The summed E-state index contributed by atoms with van der Waals surface area (Å²) in [4.78, 5) is 17.7. The van der Waals surface area contributed by atoms with Gasteiger partial charge in [0.1, 0.15) is 0 Å². The molecule has 1 fully saturated rings. The molecule has 1 aliphatic heterocycles. The van der Waals surface area contributed by atoms with E-state index in [1.807, 2.05) is 18.2 Å². The number of carbonyl (C=O) groups is 1. The van der Waals surface area contributed by atoms with E-state index >= 15 is 0 Å². The van der Waals surface area contributed by atoms with Crippen molar-refractivity contribution in [3.63, 3.8) is 0 Å². The van der Waals surface area contributed by atoms with Gasteiger partial charge < -0.3 is 15.4 Å². The highest BCUT2D eigenvalue weighted by Crippen LogP contribution is 2.28. The van der Waals surface area contributed by atoms with Crippen LogP contribution in [0.15, 0.2) is 66.7 Å². The zero-order valence-corrected chi connectivity index (χ0v) is 23.7.